The number of hydrogen-bond donors (Lipinski definition) is 2. The van der Waals surface area contributed by atoms with Gasteiger partial charge in [-0.15, -0.1) is 0 Å². The molecular formula is C18H13ClF2N4O. The van der Waals surface area contributed by atoms with E-state index in [4.69, 9.17) is 11.6 Å². The van der Waals surface area contributed by atoms with Gasteiger partial charge in [0.05, 0.1) is 17.4 Å². The summed E-state index contributed by atoms with van der Waals surface area (Å²) in [5.74, 6) is -0.895. The van der Waals surface area contributed by atoms with Gasteiger partial charge >= 0.3 is 0 Å². The molecule has 132 valence electrons. The van der Waals surface area contributed by atoms with Crippen LogP contribution in [0.4, 0.5) is 20.3 Å². The SMILES string of the molecule is O=C(Nc1ccc(F)c(Cl)c1)c1cnc(NCc2ccc(F)cc2)cn1. The molecule has 26 heavy (non-hydrogen) atoms. The van der Waals surface area contributed by atoms with Crippen LogP contribution < -0.4 is 10.6 Å². The maximum atomic E-state index is 13.1. The molecule has 0 aliphatic rings. The number of nitrogens with one attached hydrogen (secondary N) is 2. The van der Waals surface area contributed by atoms with Crippen molar-refractivity contribution in [1.29, 1.82) is 0 Å². The average molecular weight is 375 g/mol. The van der Waals surface area contributed by atoms with Crippen molar-refractivity contribution in [2.75, 3.05) is 10.6 Å². The van der Waals surface area contributed by atoms with Gasteiger partial charge in [-0.05, 0) is 35.9 Å². The number of carbonyl (C=O) groups is 1. The van der Waals surface area contributed by atoms with Crippen LogP contribution in [0.5, 0.6) is 0 Å². The Kier molecular flexibility index (Phi) is 5.38. The molecule has 0 atom stereocenters. The highest BCUT2D eigenvalue weighted by atomic mass is 35.5. The zero-order valence-corrected chi connectivity index (χ0v) is 14.1. The van der Waals surface area contributed by atoms with Crippen molar-refractivity contribution in [3.8, 4) is 0 Å². The minimum atomic E-state index is -0.568. The predicted molar refractivity (Wildman–Crippen MR) is 95.1 cm³/mol. The smallest absolute Gasteiger partial charge is 0.275 e. The van der Waals surface area contributed by atoms with Crippen LogP contribution in [0.2, 0.25) is 5.02 Å². The van der Waals surface area contributed by atoms with Gasteiger partial charge < -0.3 is 10.6 Å². The van der Waals surface area contributed by atoms with E-state index in [1.54, 1.807) is 12.1 Å². The van der Waals surface area contributed by atoms with Crippen molar-refractivity contribution in [3.63, 3.8) is 0 Å². The molecule has 0 saturated heterocycles. The standard InChI is InChI=1S/C18H13ClF2N4O/c19-14-7-13(5-6-15(14)21)25-18(26)16-9-24-17(10-22-16)23-8-11-1-3-12(20)4-2-11/h1-7,9-10H,8H2,(H,23,24)(H,25,26). The second kappa shape index (κ2) is 7.88. The highest BCUT2D eigenvalue weighted by Gasteiger charge is 2.10. The third kappa shape index (κ3) is 4.52. The zero-order chi connectivity index (χ0) is 18.5. The maximum absolute atomic E-state index is 13.1. The van der Waals surface area contributed by atoms with Crippen molar-refractivity contribution in [3.05, 3.63) is 82.8 Å². The van der Waals surface area contributed by atoms with Crippen LogP contribution in [0.3, 0.4) is 0 Å². The molecule has 0 saturated carbocycles. The molecule has 0 fully saturated rings. The van der Waals surface area contributed by atoms with E-state index in [0.717, 1.165) is 11.6 Å². The monoisotopic (exact) mass is 374 g/mol. The Balaban J connectivity index is 1.60. The highest BCUT2D eigenvalue weighted by Crippen LogP contribution is 2.19. The molecule has 3 aromatic rings. The molecule has 3 rings (SSSR count). The number of anilines is 2. The van der Waals surface area contributed by atoms with Gasteiger partial charge in [0.25, 0.3) is 5.91 Å². The first kappa shape index (κ1) is 17.8. The Hall–Kier alpha value is -3.06. The topological polar surface area (TPSA) is 66.9 Å². The Morgan fingerprint density at radius 2 is 1.81 bits per heavy atom. The second-order valence-corrected chi connectivity index (χ2v) is 5.76. The molecule has 1 amide bonds. The summed E-state index contributed by atoms with van der Waals surface area (Å²) in [6.07, 6.45) is 2.73. The summed E-state index contributed by atoms with van der Waals surface area (Å²) in [6.45, 7) is 0.439. The van der Waals surface area contributed by atoms with Gasteiger partial charge in [0.2, 0.25) is 0 Å². The van der Waals surface area contributed by atoms with Crippen LogP contribution in [0, 0.1) is 11.6 Å². The van der Waals surface area contributed by atoms with Gasteiger partial charge in [-0.25, -0.2) is 18.7 Å². The van der Waals surface area contributed by atoms with E-state index in [-0.39, 0.29) is 16.5 Å². The fourth-order valence-electron chi connectivity index (χ4n) is 2.10. The lowest BCUT2D eigenvalue weighted by Crippen LogP contribution is -2.14. The summed E-state index contributed by atoms with van der Waals surface area (Å²) >= 11 is 5.67. The molecule has 1 heterocycles. The molecular weight excluding hydrogens is 362 g/mol. The molecule has 0 unspecified atom stereocenters. The van der Waals surface area contributed by atoms with E-state index in [9.17, 15) is 13.6 Å². The number of carbonyl (C=O) groups excluding carboxylic acids is 1. The van der Waals surface area contributed by atoms with Crippen LogP contribution in [0.25, 0.3) is 0 Å². The second-order valence-electron chi connectivity index (χ2n) is 5.35. The molecule has 0 radical (unpaired) electrons. The lowest BCUT2D eigenvalue weighted by atomic mass is 10.2. The fraction of sp³-hybridized carbons (Fsp3) is 0.0556. The number of amides is 1. The highest BCUT2D eigenvalue weighted by molar-refractivity contribution is 6.31. The number of rotatable bonds is 5. The number of benzene rings is 2. The largest absolute Gasteiger partial charge is 0.365 e. The first-order chi connectivity index (χ1) is 12.5. The number of nitrogens with zero attached hydrogens (tertiary/aromatic N) is 2. The molecule has 8 heteroatoms. The summed E-state index contributed by atoms with van der Waals surface area (Å²) in [5.41, 5.74) is 1.32. The Morgan fingerprint density at radius 1 is 1.04 bits per heavy atom. The Morgan fingerprint density at radius 3 is 2.46 bits per heavy atom. The van der Waals surface area contributed by atoms with Crippen LogP contribution in [-0.2, 0) is 6.54 Å². The molecule has 5 nitrogen and oxygen atoms in total. The molecule has 0 spiro atoms. The minimum Gasteiger partial charge on any atom is -0.365 e. The summed E-state index contributed by atoms with van der Waals surface area (Å²) in [5, 5.41) is 5.49. The van der Waals surface area contributed by atoms with E-state index < -0.39 is 11.7 Å². The molecule has 0 aliphatic carbocycles. The van der Waals surface area contributed by atoms with Crippen molar-refractivity contribution < 1.29 is 13.6 Å². The maximum Gasteiger partial charge on any atom is 0.275 e. The molecule has 0 aliphatic heterocycles. The van der Waals surface area contributed by atoms with Gasteiger partial charge in [-0.2, -0.15) is 0 Å². The summed E-state index contributed by atoms with van der Waals surface area (Å²) in [6, 6.07) is 9.92. The summed E-state index contributed by atoms with van der Waals surface area (Å²) in [7, 11) is 0. The van der Waals surface area contributed by atoms with Crippen LogP contribution >= 0.6 is 11.6 Å². The summed E-state index contributed by atoms with van der Waals surface area (Å²) < 4.78 is 26.0. The normalized spacial score (nSPS) is 10.4. The average Bonchev–Trinajstić information content (AvgIpc) is 2.65. The molecule has 2 aromatic carbocycles. The third-order valence-corrected chi connectivity index (χ3v) is 3.74. The van der Waals surface area contributed by atoms with Crippen LogP contribution in [0.15, 0.2) is 54.9 Å². The molecule has 2 N–H and O–H groups in total. The van der Waals surface area contributed by atoms with Crippen LogP contribution in [0.1, 0.15) is 16.1 Å². The van der Waals surface area contributed by atoms with E-state index in [2.05, 4.69) is 20.6 Å². The van der Waals surface area contributed by atoms with Crippen LogP contribution in [-0.4, -0.2) is 15.9 Å². The van der Waals surface area contributed by atoms with E-state index in [0.29, 0.717) is 18.1 Å². The third-order valence-electron chi connectivity index (χ3n) is 3.45. The Labute approximate surface area is 153 Å². The lowest BCUT2D eigenvalue weighted by Gasteiger charge is -2.07. The number of aromatic nitrogens is 2. The van der Waals surface area contributed by atoms with Gasteiger partial charge in [-0.1, -0.05) is 23.7 Å². The number of halogens is 3. The minimum absolute atomic E-state index is 0.0887. The van der Waals surface area contributed by atoms with Crippen molar-refractivity contribution >= 4 is 29.0 Å². The van der Waals surface area contributed by atoms with Gasteiger partial charge in [0, 0.05) is 12.2 Å². The quantitative estimate of drug-likeness (QED) is 0.699. The van der Waals surface area contributed by atoms with Gasteiger partial charge in [0.15, 0.2) is 0 Å². The number of hydrogen-bond acceptors (Lipinski definition) is 4. The van der Waals surface area contributed by atoms with Crippen molar-refractivity contribution in [2.45, 2.75) is 6.54 Å². The van der Waals surface area contributed by atoms with E-state index in [1.165, 1.54) is 36.7 Å². The van der Waals surface area contributed by atoms with Gasteiger partial charge in [0.1, 0.15) is 23.1 Å². The van der Waals surface area contributed by atoms with E-state index in [1.807, 2.05) is 0 Å². The lowest BCUT2D eigenvalue weighted by molar-refractivity contribution is 0.102. The predicted octanol–water partition coefficient (Wildman–Crippen LogP) is 4.27. The Bertz CT molecular complexity index is 917. The van der Waals surface area contributed by atoms with Crippen molar-refractivity contribution in [2.24, 2.45) is 0 Å². The first-order valence-corrected chi connectivity index (χ1v) is 7.96. The first-order valence-electron chi connectivity index (χ1n) is 7.58. The van der Waals surface area contributed by atoms with Gasteiger partial charge in [-0.3, -0.25) is 4.79 Å². The molecule has 0 bridgehead atoms. The van der Waals surface area contributed by atoms with Crippen molar-refractivity contribution in [1.82, 2.24) is 9.97 Å². The zero-order valence-electron chi connectivity index (χ0n) is 13.3. The summed E-state index contributed by atoms with van der Waals surface area (Å²) in [4.78, 5) is 20.3. The fourth-order valence-corrected chi connectivity index (χ4v) is 2.28. The van der Waals surface area contributed by atoms with E-state index >= 15 is 0 Å². The molecule has 1 aromatic heterocycles.